The van der Waals surface area contributed by atoms with Gasteiger partial charge >= 0.3 is 0 Å². The zero-order chi connectivity index (χ0) is 41.0. The Morgan fingerprint density at radius 1 is 0.242 bits per heavy atom. The predicted molar refractivity (Wildman–Crippen MR) is 258 cm³/mol. The highest BCUT2D eigenvalue weighted by molar-refractivity contribution is 6.13. The second kappa shape index (κ2) is 14.7. The molecule has 0 bridgehead atoms. The van der Waals surface area contributed by atoms with Crippen LogP contribution in [0, 0.1) is 0 Å². The molecule has 3 aromatic heterocycles. The normalized spacial score (nSPS) is 11.5. The second-order valence-corrected chi connectivity index (χ2v) is 15.8. The molecule has 9 aromatic carbocycles. The monoisotopic (exact) mass is 790 g/mol. The van der Waals surface area contributed by atoms with Crippen LogP contribution >= 0.6 is 0 Å². The van der Waals surface area contributed by atoms with Gasteiger partial charge in [-0.25, -0.2) is 9.97 Å². The van der Waals surface area contributed by atoms with Crippen molar-refractivity contribution in [1.82, 2.24) is 19.1 Å². The van der Waals surface area contributed by atoms with Crippen LogP contribution in [0.15, 0.2) is 231 Å². The Bertz CT molecular complexity index is 3550. The Balaban J connectivity index is 1.01. The molecule has 290 valence electrons. The van der Waals surface area contributed by atoms with E-state index in [4.69, 9.17) is 9.97 Å². The molecule has 0 radical (unpaired) electrons. The SMILES string of the molecule is c1ccc(-c2cc(-c3ccccc3)nc(-c3cccc(-c4ccc5c(c4)c4cc(-c6ccc7c(c6)c6ccccc6n7-c6ccccc6)ccc4n5-c4ccccc4)c3)n2)cc1. The summed E-state index contributed by atoms with van der Waals surface area (Å²) in [5.41, 5.74) is 16.5. The third-order valence-electron chi connectivity index (χ3n) is 12.1. The summed E-state index contributed by atoms with van der Waals surface area (Å²) in [6.07, 6.45) is 0. The molecular formula is C58H38N4. The quantitative estimate of drug-likeness (QED) is 0.161. The molecule has 0 atom stereocenters. The maximum Gasteiger partial charge on any atom is 0.160 e. The molecule has 0 fully saturated rings. The molecule has 12 rings (SSSR count). The van der Waals surface area contributed by atoms with Crippen LogP contribution in [0.3, 0.4) is 0 Å². The molecule has 0 aliphatic carbocycles. The first-order valence-electron chi connectivity index (χ1n) is 21.1. The summed E-state index contributed by atoms with van der Waals surface area (Å²) in [7, 11) is 0. The summed E-state index contributed by atoms with van der Waals surface area (Å²) in [6.45, 7) is 0. The average Bonchev–Trinajstić information content (AvgIpc) is 3.87. The number of para-hydroxylation sites is 3. The van der Waals surface area contributed by atoms with E-state index in [1.165, 1.54) is 49.2 Å². The first-order chi connectivity index (χ1) is 30.7. The van der Waals surface area contributed by atoms with Crippen LogP contribution in [0.25, 0.3) is 111 Å². The van der Waals surface area contributed by atoms with Crippen molar-refractivity contribution in [2.45, 2.75) is 0 Å². The van der Waals surface area contributed by atoms with Crippen LogP contribution in [-0.2, 0) is 0 Å². The molecule has 62 heavy (non-hydrogen) atoms. The van der Waals surface area contributed by atoms with Crippen LogP contribution in [0.1, 0.15) is 0 Å². The van der Waals surface area contributed by atoms with Gasteiger partial charge in [-0.2, -0.15) is 0 Å². The minimum Gasteiger partial charge on any atom is -0.309 e. The summed E-state index contributed by atoms with van der Waals surface area (Å²) in [5.74, 6) is 0.697. The molecule has 0 saturated carbocycles. The van der Waals surface area contributed by atoms with Crippen molar-refractivity contribution >= 4 is 43.6 Å². The first-order valence-corrected chi connectivity index (χ1v) is 21.1. The Morgan fingerprint density at radius 2 is 0.613 bits per heavy atom. The van der Waals surface area contributed by atoms with Gasteiger partial charge in [-0.1, -0.05) is 152 Å². The Kier molecular flexibility index (Phi) is 8.46. The van der Waals surface area contributed by atoms with Crippen LogP contribution in [0.5, 0.6) is 0 Å². The van der Waals surface area contributed by atoms with Gasteiger partial charge in [0.2, 0.25) is 0 Å². The molecule has 12 aromatic rings. The van der Waals surface area contributed by atoms with Crippen LogP contribution in [0.4, 0.5) is 0 Å². The highest BCUT2D eigenvalue weighted by atomic mass is 15.0. The van der Waals surface area contributed by atoms with E-state index in [9.17, 15) is 0 Å². The van der Waals surface area contributed by atoms with E-state index in [0.29, 0.717) is 5.82 Å². The Hall–Kier alpha value is -8.34. The molecule has 0 saturated heterocycles. The van der Waals surface area contributed by atoms with E-state index in [2.05, 4.69) is 228 Å². The third kappa shape index (κ3) is 6.08. The molecule has 0 N–H and O–H groups in total. The van der Waals surface area contributed by atoms with Gasteiger partial charge in [-0.05, 0) is 101 Å². The molecular weight excluding hydrogens is 753 g/mol. The highest BCUT2D eigenvalue weighted by Crippen LogP contribution is 2.40. The molecule has 0 aliphatic rings. The van der Waals surface area contributed by atoms with E-state index < -0.39 is 0 Å². The van der Waals surface area contributed by atoms with Gasteiger partial charge < -0.3 is 9.13 Å². The van der Waals surface area contributed by atoms with Gasteiger partial charge in [0.15, 0.2) is 5.82 Å². The molecule has 3 heterocycles. The smallest absolute Gasteiger partial charge is 0.160 e. The lowest BCUT2D eigenvalue weighted by atomic mass is 9.98. The van der Waals surface area contributed by atoms with E-state index in [-0.39, 0.29) is 0 Å². The number of fused-ring (bicyclic) bond motifs is 6. The summed E-state index contributed by atoms with van der Waals surface area (Å²) in [5, 5.41) is 4.89. The van der Waals surface area contributed by atoms with E-state index in [1.807, 2.05) is 12.1 Å². The Labute approximate surface area is 359 Å². The van der Waals surface area contributed by atoms with Crippen LogP contribution < -0.4 is 0 Å². The number of rotatable bonds is 7. The van der Waals surface area contributed by atoms with Gasteiger partial charge in [0.25, 0.3) is 0 Å². The van der Waals surface area contributed by atoms with Crippen molar-refractivity contribution in [3.63, 3.8) is 0 Å². The molecule has 4 heteroatoms. The van der Waals surface area contributed by atoms with E-state index in [0.717, 1.165) is 56.1 Å². The lowest BCUT2D eigenvalue weighted by molar-refractivity contribution is 1.18. The third-order valence-corrected chi connectivity index (χ3v) is 12.1. The fourth-order valence-electron chi connectivity index (χ4n) is 9.17. The fraction of sp³-hybridized carbons (Fsp3) is 0. The molecule has 4 nitrogen and oxygen atoms in total. The second-order valence-electron chi connectivity index (χ2n) is 15.8. The molecule has 0 aliphatic heterocycles. The van der Waals surface area contributed by atoms with Crippen molar-refractivity contribution in [1.29, 1.82) is 0 Å². The van der Waals surface area contributed by atoms with Gasteiger partial charge in [0.05, 0.1) is 33.5 Å². The van der Waals surface area contributed by atoms with Crippen molar-refractivity contribution in [3.8, 4) is 67.5 Å². The minimum atomic E-state index is 0.697. The number of hydrogen-bond donors (Lipinski definition) is 0. The first kappa shape index (κ1) is 35.6. The number of aromatic nitrogens is 4. The van der Waals surface area contributed by atoms with Gasteiger partial charge in [0.1, 0.15) is 0 Å². The largest absolute Gasteiger partial charge is 0.309 e. The van der Waals surface area contributed by atoms with E-state index >= 15 is 0 Å². The topological polar surface area (TPSA) is 35.6 Å². The summed E-state index contributed by atoms with van der Waals surface area (Å²) >= 11 is 0. The zero-order valence-electron chi connectivity index (χ0n) is 33.7. The number of nitrogens with zero attached hydrogens (tertiary/aromatic N) is 4. The lowest BCUT2D eigenvalue weighted by Gasteiger charge is -2.11. The number of benzene rings is 9. The molecule has 0 amide bonds. The van der Waals surface area contributed by atoms with E-state index in [1.54, 1.807) is 0 Å². The van der Waals surface area contributed by atoms with Gasteiger partial charge in [0, 0.05) is 49.6 Å². The molecule has 0 unspecified atom stereocenters. The van der Waals surface area contributed by atoms with Crippen LogP contribution in [0.2, 0.25) is 0 Å². The maximum absolute atomic E-state index is 5.14. The van der Waals surface area contributed by atoms with Crippen molar-refractivity contribution in [2.24, 2.45) is 0 Å². The zero-order valence-corrected chi connectivity index (χ0v) is 33.7. The summed E-state index contributed by atoms with van der Waals surface area (Å²) in [4.78, 5) is 10.3. The average molecular weight is 791 g/mol. The summed E-state index contributed by atoms with van der Waals surface area (Å²) < 4.78 is 4.76. The van der Waals surface area contributed by atoms with Crippen LogP contribution in [-0.4, -0.2) is 19.1 Å². The summed E-state index contributed by atoms with van der Waals surface area (Å²) in [6, 6.07) is 82.2. The van der Waals surface area contributed by atoms with Crippen molar-refractivity contribution in [2.75, 3.05) is 0 Å². The standard InChI is InChI=1S/C58H38N4/c1-5-16-39(17-6-1)52-38-53(40-18-7-2-8-19-40)60-58(59-52)45-21-15-20-41(34-45)42-28-32-56-50(36-42)51-37-44(30-33-57(51)62(56)47-24-11-4-12-25-47)43-29-31-55-49(35-43)48-26-13-14-27-54(48)61(55)46-22-9-3-10-23-46/h1-38H. The van der Waals surface area contributed by atoms with Crippen molar-refractivity contribution in [3.05, 3.63) is 231 Å². The van der Waals surface area contributed by atoms with Crippen molar-refractivity contribution < 1.29 is 0 Å². The molecule has 0 spiro atoms. The Morgan fingerprint density at radius 3 is 1.11 bits per heavy atom. The van der Waals surface area contributed by atoms with Gasteiger partial charge in [-0.3, -0.25) is 0 Å². The highest BCUT2D eigenvalue weighted by Gasteiger charge is 2.18. The maximum atomic E-state index is 5.14. The number of hydrogen-bond acceptors (Lipinski definition) is 2. The minimum absolute atomic E-state index is 0.697. The van der Waals surface area contributed by atoms with Gasteiger partial charge in [-0.15, -0.1) is 0 Å². The fourth-order valence-corrected chi connectivity index (χ4v) is 9.17. The predicted octanol–water partition coefficient (Wildman–Crippen LogP) is 15.0. The lowest BCUT2D eigenvalue weighted by Crippen LogP contribution is -1.96.